The summed E-state index contributed by atoms with van der Waals surface area (Å²) in [4.78, 5) is 25.0. The topological polar surface area (TPSA) is 43.4 Å². The number of ether oxygens (including phenoxy) is 1. The van der Waals surface area contributed by atoms with Gasteiger partial charge in [0.25, 0.3) is 0 Å². The Morgan fingerprint density at radius 1 is 1.25 bits per heavy atom. The van der Waals surface area contributed by atoms with E-state index in [1.807, 2.05) is 12.1 Å². The number of esters is 1. The Hall–Kier alpha value is -1.16. The molecule has 3 nitrogen and oxygen atoms in total. The van der Waals surface area contributed by atoms with E-state index in [-0.39, 0.29) is 18.2 Å². The fourth-order valence-corrected chi connectivity index (χ4v) is 3.73. The van der Waals surface area contributed by atoms with Gasteiger partial charge in [-0.1, -0.05) is 32.1 Å². The number of methoxy groups -OCH3 is 1. The number of hydrogen-bond donors (Lipinski definition) is 0. The van der Waals surface area contributed by atoms with Crippen LogP contribution in [0.5, 0.6) is 0 Å². The minimum atomic E-state index is -0.256. The third-order valence-electron chi connectivity index (χ3n) is 3.99. The Morgan fingerprint density at radius 2 is 2.00 bits per heavy atom. The van der Waals surface area contributed by atoms with Crippen molar-refractivity contribution in [1.82, 2.24) is 0 Å². The Balaban J connectivity index is 1.81. The monoisotopic (exact) mass is 294 g/mol. The number of ketones is 1. The Bertz CT molecular complexity index is 458. The molecule has 0 aliphatic heterocycles. The minimum absolute atomic E-state index is 0.219. The zero-order valence-electron chi connectivity index (χ0n) is 12.0. The Morgan fingerprint density at radius 3 is 2.70 bits per heavy atom. The predicted molar refractivity (Wildman–Crippen MR) is 80.2 cm³/mol. The SMILES string of the molecule is COC(=O)Cc1ccc(C(=O)CCC2CCCCC2)s1. The first kappa shape index (κ1) is 15.2. The third kappa shape index (κ3) is 4.44. The van der Waals surface area contributed by atoms with Gasteiger partial charge in [0.2, 0.25) is 0 Å². The molecule has 4 heteroatoms. The zero-order valence-corrected chi connectivity index (χ0v) is 12.8. The summed E-state index contributed by atoms with van der Waals surface area (Å²) < 4.78 is 4.63. The van der Waals surface area contributed by atoms with Gasteiger partial charge in [-0.15, -0.1) is 11.3 Å². The molecule has 20 heavy (non-hydrogen) atoms. The van der Waals surface area contributed by atoms with E-state index in [2.05, 4.69) is 4.74 Å². The number of hydrogen-bond acceptors (Lipinski definition) is 4. The van der Waals surface area contributed by atoms with E-state index in [0.717, 1.165) is 22.1 Å². The van der Waals surface area contributed by atoms with Crippen molar-refractivity contribution in [3.8, 4) is 0 Å². The fourth-order valence-electron chi connectivity index (χ4n) is 2.77. The highest BCUT2D eigenvalue weighted by molar-refractivity contribution is 7.14. The number of Topliss-reactive ketones (excluding diaryl/α,β-unsaturated/α-hetero) is 1. The van der Waals surface area contributed by atoms with Gasteiger partial charge in [0.05, 0.1) is 18.4 Å². The van der Waals surface area contributed by atoms with Crippen LogP contribution in [0.2, 0.25) is 0 Å². The van der Waals surface area contributed by atoms with Gasteiger partial charge in [0.1, 0.15) is 0 Å². The highest BCUT2D eigenvalue weighted by Gasteiger charge is 2.17. The van der Waals surface area contributed by atoms with Crippen LogP contribution in [0.15, 0.2) is 12.1 Å². The molecule has 110 valence electrons. The summed E-state index contributed by atoms with van der Waals surface area (Å²) in [6, 6.07) is 3.70. The maximum atomic E-state index is 12.2. The molecule has 0 radical (unpaired) electrons. The first-order chi connectivity index (χ1) is 9.69. The number of carbonyl (C=O) groups excluding carboxylic acids is 2. The maximum Gasteiger partial charge on any atom is 0.310 e. The van der Waals surface area contributed by atoms with Crippen molar-refractivity contribution >= 4 is 23.1 Å². The lowest BCUT2D eigenvalue weighted by Gasteiger charge is -2.20. The summed E-state index contributed by atoms with van der Waals surface area (Å²) in [5, 5.41) is 0. The van der Waals surface area contributed by atoms with Crippen LogP contribution in [0.3, 0.4) is 0 Å². The highest BCUT2D eigenvalue weighted by atomic mass is 32.1. The summed E-state index contributed by atoms with van der Waals surface area (Å²) in [6.45, 7) is 0. The van der Waals surface area contributed by atoms with Crippen molar-refractivity contribution in [1.29, 1.82) is 0 Å². The molecular weight excluding hydrogens is 272 g/mol. The smallest absolute Gasteiger partial charge is 0.310 e. The molecule has 0 spiro atoms. The predicted octanol–water partition coefficient (Wildman–Crippen LogP) is 4.01. The number of rotatable bonds is 6. The molecule has 0 aromatic carbocycles. The van der Waals surface area contributed by atoms with Crippen molar-refractivity contribution in [3.05, 3.63) is 21.9 Å². The van der Waals surface area contributed by atoms with Crippen LogP contribution in [-0.2, 0) is 16.0 Å². The standard InChI is InChI=1S/C16H22O3S/c1-19-16(18)11-13-8-10-15(20-13)14(17)9-7-12-5-3-2-4-6-12/h8,10,12H,2-7,9,11H2,1H3. The second-order valence-electron chi connectivity index (χ2n) is 5.48. The van der Waals surface area contributed by atoms with E-state index in [1.165, 1.54) is 50.6 Å². The molecule has 1 heterocycles. The lowest BCUT2D eigenvalue weighted by molar-refractivity contribution is -0.139. The maximum absolute atomic E-state index is 12.2. The van der Waals surface area contributed by atoms with Gasteiger partial charge in [0, 0.05) is 11.3 Å². The molecule has 1 aliphatic rings. The number of carbonyl (C=O) groups is 2. The second kappa shape index (κ2) is 7.58. The van der Waals surface area contributed by atoms with Crippen LogP contribution < -0.4 is 0 Å². The summed E-state index contributed by atoms with van der Waals surface area (Å²) in [5.41, 5.74) is 0. The molecule has 1 aliphatic carbocycles. The van der Waals surface area contributed by atoms with Gasteiger partial charge in [-0.05, 0) is 24.5 Å². The van der Waals surface area contributed by atoms with Gasteiger partial charge in [0.15, 0.2) is 5.78 Å². The third-order valence-corrected chi connectivity index (χ3v) is 5.11. The minimum Gasteiger partial charge on any atom is -0.469 e. The molecule has 1 saturated carbocycles. The van der Waals surface area contributed by atoms with E-state index in [9.17, 15) is 9.59 Å². The first-order valence-electron chi connectivity index (χ1n) is 7.37. The van der Waals surface area contributed by atoms with E-state index in [1.54, 1.807) is 0 Å². The van der Waals surface area contributed by atoms with Gasteiger partial charge >= 0.3 is 5.97 Å². The van der Waals surface area contributed by atoms with Crippen molar-refractivity contribution < 1.29 is 14.3 Å². The van der Waals surface area contributed by atoms with E-state index < -0.39 is 0 Å². The molecule has 1 aromatic heterocycles. The van der Waals surface area contributed by atoms with Crippen LogP contribution >= 0.6 is 11.3 Å². The normalized spacial score (nSPS) is 16.1. The van der Waals surface area contributed by atoms with Crippen molar-refractivity contribution in [3.63, 3.8) is 0 Å². The van der Waals surface area contributed by atoms with E-state index in [4.69, 9.17) is 0 Å². The van der Waals surface area contributed by atoms with Crippen LogP contribution in [-0.4, -0.2) is 18.9 Å². The van der Waals surface area contributed by atoms with Crippen molar-refractivity contribution in [2.75, 3.05) is 7.11 Å². The molecule has 0 bridgehead atoms. The van der Waals surface area contributed by atoms with E-state index in [0.29, 0.717) is 6.42 Å². The Kier molecular flexibility index (Phi) is 5.77. The zero-order chi connectivity index (χ0) is 14.4. The van der Waals surface area contributed by atoms with Gasteiger partial charge in [-0.25, -0.2) is 0 Å². The summed E-state index contributed by atoms with van der Waals surface area (Å²) in [5.74, 6) is 0.701. The summed E-state index contributed by atoms with van der Waals surface area (Å²) in [7, 11) is 1.38. The first-order valence-corrected chi connectivity index (χ1v) is 8.19. The average molecular weight is 294 g/mol. The molecular formula is C16H22O3S. The molecule has 0 N–H and O–H groups in total. The fraction of sp³-hybridized carbons (Fsp3) is 0.625. The van der Waals surface area contributed by atoms with Gasteiger partial charge in [-0.2, -0.15) is 0 Å². The molecule has 0 atom stereocenters. The van der Waals surface area contributed by atoms with Crippen LogP contribution in [0.25, 0.3) is 0 Å². The molecule has 1 fully saturated rings. The van der Waals surface area contributed by atoms with Crippen molar-refractivity contribution in [2.45, 2.75) is 51.4 Å². The van der Waals surface area contributed by atoms with Crippen molar-refractivity contribution in [2.24, 2.45) is 5.92 Å². The van der Waals surface area contributed by atoms with Gasteiger partial charge in [-0.3, -0.25) is 9.59 Å². The number of thiophene rings is 1. The van der Waals surface area contributed by atoms with Crippen LogP contribution in [0, 0.1) is 5.92 Å². The molecule has 1 aromatic rings. The lowest BCUT2D eigenvalue weighted by Crippen LogP contribution is -2.08. The Labute approximate surface area is 124 Å². The second-order valence-corrected chi connectivity index (χ2v) is 6.65. The summed E-state index contributed by atoms with van der Waals surface area (Å²) in [6.07, 6.45) is 8.48. The molecule has 2 rings (SSSR count). The molecule has 0 saturated heterocycles. The van der Waals surface area contributed by atoms with E-state index >= 15 is 0 Å². The quantitative estimate of drug-likeness (QED) is 0.588. The van der Waals surface area contributed by atoms with Gasteiger partial charge < -0.3 is 4.74 Å². The molecule has 0 amide bonds. The summed E-state index contributed by atoms with van der Waals surface area (Å²) >= 11 is 1.42. The lowest BCUT2D eigenvalue weighted by atomic mass is 9.85. The van der Waals surface area contributed by atoms with Crippen LogP contribution in [0.4, 0.5) is 0 Å². The molecule has 0 unspecified atom stereocenters. The van der Waals surface area contributed by atoms with Crippen LogP contribution in [0.1, 0.15) is 59.5 Å². The average Bonchev–Trinajstić information content (AvgIpc) is 2.94. The largest absolute Gasteiger partial charge is 0.469 e. The highest BCUT2D eigenvalue weighted by Crippen LogP contribution is 2.28.